The van der Waals surface area contributed by atoms with E-state index in [9.17, 15) is 22.8 Å². The third kappa shape index (κ3) is 3.02. The summed E-state index contributed by atoms with van der Waals surface area (Å²) in [6.45, 7) is -0.362. The molecule has 0 amide bonds. The highest BCUT2D eigenvalue weighted by Crippen LogP contribution is 2.29. The minimum atomic E-state index is -4.52. The zero-order valence-corrected chi connectivity index (χ0v) is 12.3. The van der Waals surface area contributed by atoms with Crippen LogP contribution in [0.5, 0.6) is 0 Å². The first-order valence-electron chi connectivity index (χ1n) is 6.49. The predicted octanol–water partition coefficient (Wildman–Crippen LogP) is 3.36. The Morgan fingerprint density at radius 3 is 2.78 bits per heavy atom. The fraction of sp³-hybridized carbons (Fsp3) is 0.133. The number of benzene rings is 1. The van der Waals surface area contributed by atoms with Crippen LogP contribution >= 0.6 is 11.3 Å². The normalized spacial score (nSPS) is 11.8. The molecular formula is C15H9F3N2O2S. The first-order valence-corrected chi connectivity index (χ1v) is 7.37. The fourth-order valence-electron chi connectivity index (χ4n) is 2.12. The SMILES string of the molecule is O=C(Cn1cnc2sccc2c1=O)c1cccc(C(F)(F)F)c1. The monoisotopic (exact) mass is 338 g/mol. The van der Waals surface area contributed by atoms with E-state index in [4.69, 9.17) is 0 Å². The van der Waals surface area contributed by atoms with Gasteiger partial charge >= 0.3 is 6.18 Å². The molecule has 3 aromatic rings. The van der Waals surface area contributed by atoms with Crippen LogP contribution in [0.25, 0.3) is 10.2 Å². The summed E-state index contributed by atoms with van der Waals surface area (Å²) in [6.07, 6.45) is -3.29. The van der Waals surface area contributed by atoms with E-state index in [1.165, 1.54) is 29.8 Å². The molecule has 0 unspecified atom stereocenters. The lowest BCUT2D eigenvalue weighted by Gasteiger charge is -2.09. The second kappa shape index (κ2) is 5.62. The number of fused-ring (bicyclic) bond motifs is 1. The molecule has 0 aliphatic carbocycles. The molecule has 0 saturated heterocycles. The van der Waals surface area contributed by atoms with Crippen LogP contribution < -0.4 is 5.56 Å². The molecule has 0 saturated carbocycles. The summed E-state index contributed by atoms with van der Waals surface area (Å²) >= 11 is 1.30. The standard InChI is InChI=1S/C15H9F3N2O2S/c16-15(17,18)10-3-1-2-9(6-10)12(21)7-20-8-19-13-11(14(20)22)4-5-23-13/h1-6,8H,7H2. The molecule has 3 rings (SSSR count). The minimum absolute atomic E-state index is 0.0999. The van der Waals surface area contributed by atoms with Crippen LogP contribution in [-0.2, 0) is 12.7 Å². The Labute approximate surface area is 131 Å². The van der Waals surface area contributed by atoms with Crippen LogP contribution in [0.3, 0.4) is 0 Å². The molecule has 0 spiro atoms. The molecule has 118 valence electrons. The van der Waals surface area contributed by atoms with E-state index >= 15 is 0 Å². The summed E-state index contributed by atoms with van der Waals surface area (Å²) in [7, 11) is 0. The Kier molecular flexibility index (Phi) is 3.77. The summed E-state index contributed by atoms with van der Waals surface area (Å²) in [6, 6.07) is 5.73. The van der Waals surface area contributed by atoms with E-state index in [2.05, 4.69) is 4.98 Å². The highest BCUT2D eigenvalue weighted by Gasteiger charge is 2.30. The molecule has 4 nitrogen and oxygen atoms in total. The molecule has 2 aromatic heterocycles. The third-order valence-corrected chi connectivity index (χ3v) is 4.10. The van der Waals surface area contributed by atoms with Gasteiger partial charge in [-0.2, -0.15) is 13.2 Å². The number of ketones is 1. The number of carbonyl (C=O) groups excluding carboxylic acids is 1. The van der Waals surface area contributed by atoms with E-state index in [0.717, 1.165) is 16.7 Å². The molecular weight excluding hydrogens is 329 g/mol. The van der Waals surface area contributed by atoms with Crippen LogP contribution in [0.1, 0.15) is 15.9 Å². The number of thiophene rings is 1. The number of aromatic nitrogens is 2. The zero-order valence-electron chi connectivity index (χ0n) is 11.5. The van der Waals surface area contributed by atoms with Crippen molar-refractivity contribution in [2.75, 3.05) is 0 Å². The van der Waals surface area contributed by atoms with E-state index < -0.39 is 23.1 Å². The van der Waals surface area contributed by atoms with Gasteiger partial charge in [-0.25, -0.2) is 4.98 Å². The van der Waals surface area contributed by atoms with Crippen molar-refractivity contribution < 1.29 is 18.0 Å². The first kappa shape index (κ1) is 15.4. The van der Waals surface area contributed by atoms with Crippen molar-refractivity contribution >= 4 is 27.3 Å². The summed E-state index contributed by atoms with van der Waals surface area (Å²) in [5, 5.41) is 2.09. The van der Waals surface area contributed by atoms with Gasteiger partial charge in [-0.05, 0) is 23.6 Å². The summed E-state index contributed by atoms with van der Waals surface area (Å²) in [5.74, 6) is -0.588. The molecule has 0 N–H and O–H groups in total. The van der Waals surface area contributed by atoms with Crippen LogP contribution in [0.4, 0.5) is 13.2 Å². The minimum Gasteiger partial charge on any atom is -0.292 e. The van der Waals surface area contributed by atoms with E-state index in [1.54, 1.807) is 11.4 Å². The molecule has 1 aromatic carbocycles. The van der Waals surface area contributed by atoms with Crippen molar-refractivity contribution in [3.8, 4) is 0 Å². The van der Waals surface area contributed by atoms with Gasteiger partial charge < -0.3 is 0 Å². The quantitative estimate of drug-likeness (QED) is 0.688. The van der Waals surface area contributed by atoms with Crippen molar-refractivity contribution in [1.82, 2.24) is 9.55 Å². The first-order chi connectivity index (χ1) is 10.9. The summed E-state index contributed by atoms with van der Waals surface area (Å²) in [5.41, 5.74) is -1.39. The van der Waals surface area contributed by atoms with Crippen LogP contribution in [0.15, 0.2) is 46.8 Å². The Balaban J connectivity index is 1.92. The van der Waals surface area contributed by atoms with Crippen LogP contribution in [0.2, 0.25) is 0 Å². The van der Waals surface area contributed by atoms with Crippen LogP contribution in [0, 0.1) is 0 Å². The molecule has 0 aliphatic heterocycles. The average Bonchev–Trinajstić information content (AvgIpc) is 2.99. The molecule has 0 fully saturated rings. The van der Waals surface area contributed by atoms with Gasteiger partial charge in [0.25, 0.3) is 5.56 Å². The number of halogens is 3. The lowest BCUT2D eigenvalue weighted by molar-refractivity contribution is -0.137. The summed E-state index contributed by atoms with van der Waals surface area (Å²) < 4.78 is 39.2. The highest BCUT2D eigenvalue weighted by molar-refractivity contribution is 7.16. The number of rotatable bonds is 3. The number of carbonyl (C=O) groups is 1. The summed E-state index contributed by atoms with van der Waals surface area (Å²) in [4.78, 5) is 29.0. The maximum Gasteiger partial charge on any atom is 0.416 e. The maximum atomic E-state index is 12.7. The topological polar surface area (TPSA) is 52.0 Å². The smallest absolute Gasteiger partial charge is 0.292 e. The second-order valence-corrected chi connectivity index (χ2v) is 5.71. The zero-order chi connectivity index (χ0) is 16.6. The van der Waals surface area contributed by atoms with Crippen molar-refractivity contribution in [2.24, 2.45) is 0 Å². The lowest BCUT2D eigenvalue weighted by Crippen LogP contribution is -2.24. The van der Waals surface area contributed by atoms with Gasteiger partial charge in [-0.1, -0.05) is 12.1 Å². The molecule has 2 heterocycles. The van der Waals surface area contributed by atoms with Crippen molar-refractivity contribution in [3.05, 3.63) is 63.5 Å². The van der Waals surface area contributed by atoms with Gasteiger partial charge in [0, 0.05) is 5.56 Å². The van der Waals surface area contributed by atoms with Gasteiger partial charge in [0.05, 0.1) is 23.8 Å². The van der Waals surface area contributed by atoms with E-state index in [0.29, 0.717) is 10.2 Å². The highest BCUT2D eigenvalue weighted by atomic mass is 32.1. The molecule has 0 radical (unpaired) electrons. The van der Waals surface area contributed by atoms with Crippen molar-refractivity contribution in [3.63, 3.8) is 0 Å². The van der Waals surface area contributed by atoms with Gasteiger partial charge in [-0.3, -0.25) is 14.2 Å². The lowest BCUT2D eigenvalue weighted by atomic mass is 10.1. The van der Waals surface area contributed by atoms with Crippen molar-refractivity contribution in [1.29, 1.82) is 0 Å². The van der Waals surface area contributed by atoms with Gasteiger partial charge in [-0.15, -0.1) is 11.3 Å². The van der Waals surface area contributed by atoms with Gasteiger partial charge in [0.1, 0.15) is 4.83 Å². The Morgan fingerprint density at radius 2 is 2.04 bits per heavy atom. The van der Waals surface area contributed by atoms with E-state index in [1.807, 2.05) is 0 Å². The third-order valence-electron chi connectivity index (χ3n) is 3.28. The predicted molar refractivity (Wildman–Crippen MR) is 79.7 cm³/mol. The molecule has 8 heteroatoms. The molecule has 23 heavy (non-hydrogen) atoms. The number of hydrogen-bond acceptors (Lipinski definition) is 4. The number of alkyl halides is 3. The second-order valence-electron chi connectivity index (χ2n) is 4.82. The Morgan fingerprint density at radius 1 is 1.26 bits per heavy atom. The molecule has 0 aliphatic rings. The largest absolute Gasteiger partial charge is 0.416 e. The van der Waals surface area contributed by atoms with Gasteiger partial charge in [0.2, 0.25) is 0 Å². The number of nitrogens with zero attached hydrogens (tertiary/aromatic N) is 2. The maximum absolute atomic E-state index is 12.7. The molecule has 0 atom stereocenters. The number of Topliss-reactive ketones (excluding diaryl/α,β-unsaturated/α-hetero) is 1. The van der Waals surface area contributed by atoms with Crippen molar-refractivity contribution in [2.45, 2.75) is 12.7 Å². The average molecular weight is 338 g/mol. The van der Waals surface area contributed by atoms with Gasteiger partial charge in [0.15, 0.2) is 5.78 Å². The fourth-order valence-corrected chi connectivity index (χ4v) is 2.84. The van der Waals surface area contributed by atoms with Crippen LogP contribution in [-0.4, -0.2) is 15.3 Å². The Hall–Kier alpha value is -2.48. The number of hydrogen-bond donors (Lipinski definition) is 0. The van der Waals surface area contributed by atoms with E-state index in [-0.39, 0.29) is 12.1 Å². The Bertz CT molecular complexity index is 944. The molecule has 0 bridgehead atoms.